The maximum absolute atomic E-state index is 13.7. The Morgan fingerprint density at radius 3 is 2.58 bits per heavy atom. The highest BCUT2D eigenvalue weighted by molar-refractivity contribution is 6.10. The lowest BCUT2D eigenvalue weighted by Crippen LogP contribution is -2.25. The number of nitriles is 1. The second-order valence-corrected chi connectivity index (χ2v) is 9.69. The molecule has 2 aromatic heterocycles. The number of hydrogen-bond donors (Lipinski definition) is 1. The first-order valence-electron chi connectivity index (χ1n) is 12.4. The summed E-state index contributed by atoms with van der Waals surface area (Å²) >= 11 is 0. The summed E-state index contributed by atoms with van der Waals surface area (Å²) in [5.74, 6) is 0.606. The fraction of sp³-hybridized carbons (Fsp3) is 0.250. The van der Waals surface area contributed by atoms with E-state index in [1.807, 2.05) is 19.0 Å². The Balaban J connectivity index is 1.65. The van der Waals surface area contributed by atoms with Crippen molar-refractivity contribution in [2.75, 3.05) is 37.4 Å². The van der Waals surface area contributed by atoms with E-state index in [9.17, 15) is 23.2 Å². The molecular formula is C28H25F3N8O. The summed E-state index contributed by atoms with van der Waals surface area (Å²) in [7, 11) is 5.65. The number of likely N-dealkylation sites (N-methyl/N-ethyl adjacent to an activating group) is 1. The molecular weight excluding hydrogens is 521 g/mol. The van der Waals surface area contributed by atoms with Crippen LogP contribution in [0.1, 0.15) is 27.0 Å². The number of halogens is 3. The average molecular weight is 547 g/mol. The number of anilines is 2. The second-order valence-electron chi connectivity index (χ2n) is 9.69. The minimum absolute atomic E-state index is 0.00426. The first-order chi connectivity index (χ1) is 19.1. The molecule has 9 nitrogen and oxygen atoms in total. The van der Waals surface area contributed by atoms with E-state index in [1.165, 1.54) is 17.0 Å². The van der Waals surface area contributed by atoms with Gasteiger partial charge in [-0.2, -0.15) is 18.4 Å². The number of aryl methyl sites for hydroxylation is 1. The van der Waals surface area contributed by atoms with Gasteiger partial charge in [0.1, 0.15) is 18.0 Å². The van der Waals surface area contributed by atoms with Crippen LogP contribution in [-0.2, 0) is 19.8 Å². The lowest BCUT2D eigenvalue weighted by molar-refractivity contribution is -0.138. The molecule has 40 heavy (non-hydrogen) atoms. The van der Waals surface area contributed by atoms with E-state index in [0.29, 0.717) is 47.0 Å². The summed E-state index contributed by atoms with van der Waals surface area (Å²) in [4.78, 5) is 21.2. The van der Waals surface area contributed by atoms with Gasteiger partial charge in [-0.1, -0.05) is 6.07 Å². The summed E-state index contributed by atoms with van der Waals surface area (Å²) in [6.07, 6.45) is -3.04. The van der Waals surface area contributed by atoms with Gasteiger partial charge in [0.05, 0.1) is 23.7 Å². The normalized spacial score (nSPS) is 13.1. The molecule has 4 aromatic rings. The van der Waals surface area contributed by atoms with Gasteiger partial charge in [0.2, 0.25) is 0 Å². The number of amides is 1. The third kappa shape index (κ3) is 5.11. The first kappa shape index (κ1) is 26.8. The number of benzene rings is 2. The number of carbonyl (C=O) groups excluding carboxylic acids is 1. The largest absolute Gasteiger partial charge is 0.416 e. The van der Waals surface area contributed by atoms with Crippen LogP contribution in [-0.4, -0.2) is 57.7 Å². The van der Waals surface area contributed by atoms with Gasteiger partial charge in [-0.25, -0.2) is 4.98 Å². The van der Waals surface area contributed by atoms with Crippen molar-refractivity contribution in [3.8, 4) is 28.6 Å². The predicted molar refractivity (Wildman–Crippen MR) is 143 cm³/mol. The zero-order chi connectivity index (χ0) is 28.6. The minimum Gasteiger partial charge on any atom is -0.369 e. The van der Waals surface area contributed by atoms with E-state index in [2.05, 4.69) is 26.6 Å². The van der Waals surface area contributed by atoms with E-state index >= 15 is 0 Å². The molecule has 0 fully saturated rings. The fourth-order valence-electron chi connectivity index (χ4n) is 4.67. The van der Waals surface area contributed by atoms with Crippen molar-refractivity contribution >= 4 is 17.5 Å². The Morgan fingerprint density at radius 1 is 1.10 bits per heavy atom. The SMILES string of the molecule is CN(C)CCNc1cc(-c2cc(C#N)ccc2-c2nncn2C)cc(N2Cc3c(cccc3C(F)(F)F)C2=O)n1. The van der Waals surface area contributed by atoms with Gasteiger partial charge in [-0.05, 0) is 73.3 Å². The van der Waals surface area contributed by atoms with Gasteiger partial charge in [0.15, 0.2) is 5.82 Å². The Hall–Kier alpha value is -4.76. The van der Waals surface area contributed by atoms with E-state index in [4.69, 9.17) is 0 Å². The maximum atomic E-state index is 13.7. The number of aromatic nitrogens is 4. The van der Waals surface area contributed by atoms with Gasteiger partial charge in [0.25, 0.3) is 5.91 Å². The first-order valence-corrected chi connectivity index (χ1v) is 12.4. The molecule has 0 saturated heterocycles. The summed E-state index contributed by atoms with van der Waals surface area (Å²) in [5.41, 5.74) is 1.40. The lowest BCUT2D eigenvalue weighted by Gasteiger charge is -2.20. The molecule has 0 spiro atoms. The molecule has 0 bridgehead atoms. The third-order valence-corrected chi connectivity index (χ3v) is 6.64. The Kier molecular flexibility index (Phi) is 6.99. The van der Waals surface area contributed by atoms with Crippen LogP contribution in [0.2, 0.25) is 0 Å². The number of rotatable bonds is 7. The monoisotopic (exact) mass is 546 g/mol. The van der Waals surface area contributed by atoms with E-state index < -0.39 is 17.6 Å². The number of pyridine rings is 1. The molecule has 5 rings (SSSR count). The second kappa shape index (κ2) is 10.4. The average Bonchev–Trinajstić information content (AvgIpc) is 3.50. The van der Waals surface area contributed by atoms with Gasteiger partial charge in [-0.15, -0.1) is 10.2 Å². The van der Waals surface area contributed by atoms with Gasteiger partial charge in [-0.3, -0.25) is 9.69 Å². The van der Waals surface area contributed by atoms with E-state index in [1.54, 1.807) is 48.3 Å². The number of hydrogen-bond acceptors (Lipinski definition) is 7. The van der Waals surface area contributed by atoms with Gasteiger partial charge in [0, 0.05) is 31.3 Å². The van der Waals surface area contributed by atoms with Crippen LogP contribution in [0.15, 0.2) is 54.9 Å². The topological polar surface area (TPSA) is 103 Å². The summed E-state index contributed by atoms with van der Waals surface area (Å²) in [6.45, 7) is 0.952. The molecule has 0 atom stereocenters. The standard InChI is InChI=1S/C28H25F3N8O/c1-37(2)10-9-33-24-12-18(21-11-17(14-32)7-8-19(21)26-36-34-16-38(26)3)13-25(35-24)39-15-22-20(27(39)40)5-4-6-23(22)28(29,30)31/h4-8,11-13,16H,9-10,15H2,1-3H3,(H,33,35). The minimum atomic E-state index is -4.60. The van der Waals surface area contributed by atoms with Crippen molar-refractivity contribution in [2.24, 2.45) is 7.05 Å². The van der Waals surface area contributed by atoms with Crippen molar-refractivity contribution in [1.82, 2.24) is 24.6 Å². The molecule has 0 unspecified atom stereocenters. The van der Waals surface area contributed by atoms with Crippen molar-refractivity contribution in [1.29, 1.82) is 5.26 Å². The van der Waals surface area contributed by atoms with Crippen molar-refractivity contribution in [3.05, 3.63) is 77.1 Å². The zero-order valence-corrected chi connectivity index (χ0v) is 22.0. The lowest BCUT2D eigenvalue weighted by atomic mass is 9.97. The highest BCUT2D eigenvalue weighted by Gasteiger charge is 2.40. The van der Waals surface area contributed by atoms with Crippen molar-refractivity contribution in [2.45, 2.75) is 12.7 Å². The molecule has 1 aliphatic rings. The third-order valence-electron chi connectivity index (χ3n) is 6.64. The van der Waals surface area contributed by atoms with Crippen LogP contribution in [0.4, 0.5) is 24.8 Å². The van der Waals surface area contributed by atoms with Gasteiger partial charge >= 0.3 is 6.18 Å². The van der Waals surface area contributed by atoms with Crippen LogP contribution < -0.4 is 10.2 Å². The summed E-state index contributed by atoms with van der Waals surface area (Å²) in [5, 5.41) is 21.0. The highest BCUT2D eigenvalue weighted by Crippen LogP contribution is 2.40. The number of carbonyl (C=O) groups is 1. The molecule has 0 aliphatic carbocycles. The van der Waals surface area contributed by atoms with Crippen LogP contribution >= 0.6 is 0 Å². The molecule has 204 valence electrons. The van der Waals surface area contributed by atoms with Crippen molar-refractivity contribution in [3.63, 3.8) is 0 Å². The molecule has 0 radical (unpaired) electrons. The summed E-state index contributed by atoms with van der Waals surface area (Å²) in [6, 6.07) is 14.3. The number of nitrogens with one attached hydrogen (secondary N) is 1. The zero-order valence-electron chi connectivity index (χ0n) is 22.0. The van der Waals surface area contributed by atoms with Crippen LogP contribution in [0, 0.1) is 11.3 Å². The van der Waals surface area contributed by atoms with E-state index in [-0.39, 0.29) is 23.5 Å². The van der Waals surface area contributed by atoms with Crippen LogP contribution in [0.5, 0.6) is 0 Å². The van der Waals surface area contributed by atoms with Gasteiger partial charge < -0.3 is 14.8 Å². The summed E-state index contributed by atoms with van der Waals surface area (Å²) < 4.78 is 43.0. The fourth-order valence-corrected chi connectivity index (χ4v) is 4.67. The number of alkyl halides is 3. The van der Waals surface area contributed by atoms with Crippen LogP contribution in [0.3, 0.4) is 0 Å². The van der Waals surface area contributed by atoms with Crippen LogP contribution in [0.25, 0.3) is 22.5 Å². The maximum Gasteiger partial charge on any atom is 0.416 e. The van der Waals surface area contributed by atoms with E-state index in [0.717, 1.165) is 6.07 Å². The molecule has 1 N–H and O–H groups in total. The molecule has 1 aliphatic heterocycles. The Morgan fingerprint density at radius 2 is 1.90 bits per heavy atom. The molecule has 2 aromatic carbocycles. The van der Waals surface area contributed by atoms with Crippen molar-refractivity contribution < 1.29 is 18.0 Å². The molecule has 12 heteroatoms. The predicted octanol–water partition coefficient (Wildman–Crippen LogP) is 4.57. The Labute approximate surface area is 228 Å². The molecule has 3 heterocycles. The number of nitrogens with zero attached hydrogens (tertiary/aromatic N) is 7. The molecule has 0 saturated carbocycles. The number of fused-ring (bicyclic) bond motifs is 1. The Bertz CT molecular complexity index is 1640. The quantitative estimate of drug-likeness (QED) is 0.362. The highest BCUT2D eigenvalue weighted by atomic mass is 19.4. The molecule has 1 amide bonds. The smallest absolute Gasteiger partial charge is 0.369 e.